The number of benzene rings is 2. The third kappa shape index (κ3) is 7.35. The number of ketones is 1. The van der Waals surface area contributed by atoms with Crippen molar-refractivity contribution in [2.75, 3.05) is 6.54 Å². The van der Waals surface area contributed by atoms with Gasteiger partial charge in [-0.15, -0.1) is 0 Å². The van der Waals surface area contributed by atoms with Gasteiger partial charge in [0.05, 0.1) is 11.1 Å². The Hall–Kier alpha value is -1.84. The summed E-state index contributed by atoms with van der Waals surface area (Å²) in [5.41, 5.74) is 4.16. The van der Waals surface area contributed by atoms with Crippen LogP contribution >= 0.6 is 27.5 Å². The molecule has 174 valence electrons. The Balaban J connectivity index is 2.39. The van der Waals surface area contributed by atoms with Gasteiger partial charge in [0.1, 0.15) is 0 Å². The van der Waals surface area contributed by atoms with Crippen LogP contribution < -0.4 is 0 Å². The number of nitrogens with one attached hydrogen (secondary N) is 1. The van der Waals surface area contributed by atoms with Crippen LogP contribution in [0.3, 0.4) is 0 Å². The van der Waals surface area contributed by atoms with Crippen molar-refractivity contribution in [2.24, 2.45) is 0 Å². The van der Waals surface area contributed by atoms with Crippen LogP contribution in [0.2, 0.25) is 5.02 Å². The SMILES string of the molecule is [NH-]CCCCCc1ccc(C(=O)C=C(c2cc(Br)cc(C(F)(F)F)c2)C(F)(F)F)cc1Cl. The number of hydrogen-bond acceptors (Lipinski definition) is 1. The average Bonchev–Trinajstić information content (AvgIpc) is 2.68. The predicted molar refractivity (Wildman–Crippen MR) is 116 cm³/mol. The molecule has 2 aromatic carbocycles. The van der Waals surface area contributed by atoms with Gasteiger partial charge in [-0.3, -0.25) is 4.79 Å². The second-order valence-corrected chi connectivity index (χ2v) is 8.34. The van der Waals surface area contributed by atoms with E-state index < -0.39 is 34.8 Å². The van der Waals surface area contributed by atoms with Crippen molar-refractivity contribution in [1.82, 2.24) is 0 Å². The molecule has 0 atom stereocenters. The predicted octanol–water partition coefficient (Wildman–Crippen LogP) is 8.71. The monoisotopic (exact) mass is 540 g/mol. The zero-order valence-electron chi connectivity index (χ0n) is 16.5. The van der Waals surface area contributed by atoms with Gasteiger partial charge >= 0.3 is 12.4 Å². The van der Waals surface area contributed by atoms with Crippen molar-refractivity contribution in [2.45, 2.75) is 38.0 Å². The standard InChI is InChI=1S/C22H18BrClF6NO/c23-17-9-15(8-16(11-17)21(25,26)27)18(22(28,29)30)12-20(32)14-6-5-13(19(24)10-14)4-2-1-3-7-31/h5-6,8-12,31H,1-4,7H2/q-1. The van der Waals surface area contributed by atoms with E-state index in [0.717, 1.165) is 30.9 Å². The second kappa shape index (κ2) is 10.9. The van der Waals surface area contributed by atoms with Crippen molar-refractivity contribution in [1.29, 1.82) is 0 Å². The summed E-state index contributed by atoms with van der Waals surface area (Å²) in [6.45, 7) is 0.317. The van der Waals surface area contributed by atoms with Crippen molar-refractivity contribution < 1.29 is 31.1 Å². The first-order valence-corrected chi connectivity index (χ1v) is 10.6. The molecule has 32 heavy (non-hydrogen) atoms. The lowest BCUT2D eigenvalue weighted by molar-refractivity contribution is -0.137. The molecule has 1 N–H and O–H groups in total. The summed E-state index contributed by atoms with van der Waals surface area (Å²) in [4.78, 5) is 12.5. The number of halogens is 8. The van der Waals surface area contributed by atoms with Crippen LogP contribution in [0.15, 0.2) is 46.9 Å². The van der Waals surface area contributed by atoms with Crippen LogP contribution in [-0.4, -0.2) is 18.5 Å². The molecule has 0 aromatic heterocycles. The number of alkyl halides is 6. The smallest absolute Gasteiger partial charge is 0.417 e. The Morgan fingerprint density at radius 3 is 2.22 bits per heavy atom. The molecule has 2 aromatic rings. The summed E-state index contributed by atoms with van der Waals surface area (Å²) in [7, 11) is 0. The molecule has 0 aliphatic rings. The van der Waals surface area contributed by atoms with Crippen molar-refractivity contribution in [3.63, 3.8) is 0 Å². The lowest BCUT2D eigenvalue weighted by Crippen LogP contribution is -2.14. The minimum absolute atomic E-state index is 0.113. The molecule has 10 heteroatoms. The molecule has 0 aliphatic carbocycles. The summed E-state index contributed by atoms with van der Waals surface area (Å²) >= 11 is 8.95. The third-order valence-corrected chi connectivity index (χ3v) is 5.39. The van der Waals surface area contributed by atoms with Gasteiger partial charge in [0.2, 0.25) is 0 Å². The summed E-state index contributed by atoms with van der Waals surface area (Å²) in [6, 6.07) is 6.00. The average molecular weight is 542 g/mol. The summed E-state index contributed by atoms with van der Waals surface area (Å²) in [5, 5.41) is 0.213. The highest BCUT2D eigenvalue weighted by molar-refractivity contribution is 9.10. The first-order valence-electron chi connectivity index (χ1n) is 9.47. The first-order chi connectivity index (χ1) is 14.8. The number of unbranched alkanes of at least 4 members (excludes halogenated alkanes) is 2. The van der Waals surface area contributed by atoms with Gasteiger partial charge in [-0.1, -0.05) is 52.5 Å². The third-order valence-electron chi connectivity index (χ3n) is 4.58. The fraction of sp³-hybridized carbons (Fsp3) is 0.318. The first kappa shape index (κ1) is 26.4. The molecule has 0 saturated heterocycles. The number of aryl methyl sites for hydroxylation is 1. The maximum absolute atomic E-state index is 13.6. The van der Waals surface area contributed by atoms with Crippen molar-refractivity contribution in [3.05, 3.63) is 80.0 Å². The quantitative estimate of drug-likeness (QED) is 0.143. The molecule has 0 bridgehead atoms. The van der Waals surface area contributed by atoms with Crippen LogP contribution in [0.25, 0.3) is 11.3 Å². The van der Waals surface area contributed by atoms with Gasteiger partial charge in [0, 0.05) is 15.1 Å². The maximum atomic E-state index is 13.6. The Kier molecular flexibility index (Phi) is 8.96. The highest BCUT2D eigenvalue weighted by Crippen LogP contribution is 2.39. The van der Waals surface area contributed by atoms with E-state index in [1.165, 1.54) is 18.2 Å². The summed E-state index contributed by atoms with van der Waals surface area (Å²) in [5.74, 6) is -1.03. The minimum Gasteiger partial charge on any atom is -0.677 e. The van der Waals surface area contributed by atoms with E-state index >= 15 is 0 Å². The molecule has 2 rings (SSSR count). The lowest BCUT2D eigenvalue weighted by Gasteiger charge is -2.15. The van der Waals surface area contributed by atoms with Crippen molar-refractivity contribution >= 4 is 38.9 Å². The van der Waals surface area contributed by atoms with E-state index in [4.69, 9.17) is 17.3 Å². The molecule has 0 unspecified atom stereocenters. The van der Waals surface area contributed by atoms with E-state index in [1.54, 1.807) is 0 Å². The molecule has 0 aliphatic heterocycles. The Morgan fingerprint density at radius 1 is 0.969 bits per heavy atom. The largest absolute Gasteiger partial charge is 0.677 e. The number of carbonyl (C=O) groups excluding carboxylic acids is 1. The lowest BCUT2D eigenvalue weighted by atomic mass is 9.98. The highest BCUT2D eigenvalue weighted by Gasteiger charge is 2.38. The van der Waals surface area contributed by atoms with Gasteiger partial charge in [-0.25, -0.2) is 0 Å². The van der Waals surface area contributed by atoms with Gasteiger partial charge in [0.25, 0.3) is 0 Å². The molecule has 0 fully saturated rings. The summed E-state index contributed by atoms with van der Waals surface area (Å²) < 4.78 is 79.8. The van der Waals surface area contributed by atoms with Gasteiger partial charge in [0.15, 0.2) is 5.78 Å². The maximum Gasteiger partial charge on any atom is 0.417 e. The zero-order valence-corrected chi connectivity index (χ0v) is 18.9. The van der Waals surface area contributed by atoms with Gasteiger partial charge in [-0.05, 0) is 54.3 Å². The fourth-order valence-electron chi connectivity index (χ4n) is 2.97. The van der Waals surface area contributed by atoms with Crippen LogP contribution in [0.1, 0.15) is 46.3 Å². The topological polar surface area (TPSA) is 40.9 Å². The fourth-order valence-corrected chi connectivity index (χ4v) is 3.74. The van der Waals surface area contributed by atoms with Crippen LogP contribution in [0.5, 0.6) is 0 Å². The molecule has 2 nitrogen and oxygen atoms in total. The number of rotatable bonds is 8. The summed E-state index contributed by atoms with van der Waals surface area (Å²) in [6.07, 6.45) is -6.72. The van der Waals surface area contributed by atoms with Gasteiger partial charge in [-0.2, -0.15) is 32.9 Å². The van der Waals surface area contributed by atoms with Crippen LogP contribution in [0, 0.1) is 0 Å². The molecule has 0 heterocycles. The molecule has 0 amide bonds. The zero-order chi connectivity index (χ0) is 24.1. The Bertz CT molecular complexity index is 1000. The normalized spacial score (nSPS) is 12.8. The molecule has 0 radical (unpaired) electrons. The van der Waals surface area contributed by atoms with E-state index in [9.17, 15) is 31.1 Å². The van der Waals surface area contributed by atoms with E-state index in [1.807, 2.05) is 0 Å². The van der Waals surface area contributed by atoms with E-state index in [2.05, 4.69) is 15.9 Å². The van der Waals surface area contributed by atoms with Gasteiger partial charge < -0.3 is 5.73 Å². The molecular formula is C22H18BrClF6NO-. The number of carbonyl (C=O) groups is 1. The second-order valence-electron chi connectivity index (χ2n) is 7.01. The molecular weight excluding hydrogens is 524 g/mol. The Labute approximate surface area is 194 Å². The van der Waals surface area contributed by atoms with Crippen molar-refractivity contribution in [3.8, 4) is 0 Å². The molecule has 0 spiro atoms. The van der Waals surface area contributed by atoms with Crippen LogP contribution in [-0.2, 0) is 12.6 Å². The highest BCUT2D eigenvalue weighted by atomic mass is 79.9. The Morgan fingerprint density at radius 2 is 1.66 bits per heavy atom. The minimum atomic E-state index is -5.07. The van der Waals surface area contributed by atoms with Crippen LogP contribution in [0.4, 0.5) is 26.3 Å². The number of allylic oxidation sites excluding steroid dienone is 2. The van der Waals surface area contributed by atoms with E-state index in [-0.39, 0.29) is 21.1 Å². The van der Waals surface area contributed by atoms with E-state index in [0.29, 0.717) is 25.1 Å². The number of hydrogen-bond donors (Lipinski definition) is 0. The molecule has 0 saturated carbocycles.